The molecule has 0 saturated carbocycles. The Labute approximate surface area is 129 Å². The van der Waals surface area contributed by atoms with Crippen molar-refractivity contribution in [1.82, 2.24) is 9.80 Å². The summed E-state index contributed by atoms with van der Waals surface area (Å²) in [6.45, 7) is 4.94. The Kier molecular flexibility index (Phi) is 5.18. The summed E-state index contributed by atoms with van der Waals surface area (Å²) in [5.41, 5.74) is 7.11. The van der Waals surface area contributed by atoms with Crippen LogP contribution in [0.3, 0.4) is 0 Å². The van der Waals surface area contributed by atoms with Gasteiger partial charge in [0.15, 0.2) is 0 Å². The van der Waals surface area contributed by atoms with Crippen molar-refractivity contribution in [2.75, 3.05) is 26.7 Å². The highest BCUT2D eigenvalue weighted by Gasteiger charge is 2.28. The Morgan fingerprint density at radius 3 is 2.75 bits per heavy atom. The lowest BCUT2D eigenvalue weighted by Gasteiger charge is -2.22. The third kappa shape index (κ3) is 3.81. The van der Waals surface area contributed by atoms with Gasteiger partial charge in [0, 0.05) is 37.2 Å². The van der Waals surface area contributed by atoms with E-state index in [0.717, 1.165) is 23.1 Å². The van der Waals surface area contributed by atoms with Crippen molar-refractivity contribution < 1.29 is 4.79 Å². The summed E-state index contributed by atoms with van der Waals surface area (Å²) < 4.78 is 1.04. The highest BCUT2D eigenvalue weighted by Crippen LogP contribution is 2.18. The number of amides is 1. The molecular formula is C15H22BrN3O. The number of nitrogens with two attached hydrogens (primary N) is 1. The maximum Gasteiger partial charge on any atom is 0.236 e. The van der Waals surface area contributed by atoms with Gasteiger partial charge >= 0.3 is 0 Å². The van der Waals surface area contributed by atoms with Crippen molar-refractivity contribution >= 4 is 21.8 Å². The molecule has 110 valence electrons. The molecule has 0 radical (unpaired) electrons. The molecule has 2 N–H and O–H groups in total. The third-order valence-electron chi connectivity index (χ3n) is 3.90. The Bertz CT molecular complexity index is 470. The Hall–Kier alpha value is -0.910. The minimum Gasteiger partial charge on any atom is -0.340 e. The molecule has 2 atom stereocenters. The Morgan fingerprint density at radius 2 is 2.15 bits per heavy atom. The van der Waals surface area contributed by atoms with Crippen molar-refractivity contribution in [3.05, 3.63) is 34.3 Å². The van der Waals surface area contributed by atoms with Gasteiger partial charge in [-0.3, -0.25) is 9.69 Å². The SMILES string of the molecule is CC1CN(CC(=O)N(C)Cc2ccccc2Br)CC1N. The van der Waals surface area contributed by atoms with E-state index in [0.29, 0.717) is 19.0 Å². The van der Waals surface area contributed by atoms with Crippen LogP contribution in [0, 0.1) is 5.92 Å². The van der Waals surface area contributed by atoms with Gasteiger partial charge in [-0.25, -0.2) is 0 Å². The number of likely N-dealkylation sites (N-methyl/N-ethyl adjacent to an activating group) is 1. The summed E-state index contributed by atoms with van der Waals surface area (Å²) in [4.78, 5) is 16.2. The molecule has 0 aliphatic carbocycles. The number of hydrogen-bond acceptors (Lipinski definition) is 3. The molecule has 1 amide bonds. The zero-order valence-electron chi connectivity index (χ0n) is 12.1. The minimum atomic E-state index is 0.141. The van der Waals surface area contributed by atoms with Gasteiger partial charge in [-0.1, -0.05) is 41.1 Å². The van der Waals surface area contributed by atoms with Crippen molar-refractivity contribution in [2.45, 2.75) is 19.5 Å². The number of carbonyl (C=O) groups excluding carboxylic acids is 1. The van der Waals surface area contributed by atoms with Crippen molar-refractivity contribution in [2.24, 2.45) is 11.7 Å². The van der Waals surface area contributed by atoms with Crippen LogP contribution < -0.4 is 5.73 Å². The van der Waals surface area contributed by atoms with Crippen molar-refractivity contribution in [1.29, 1.82) is 0 Å². The van der Waals surface area contributed by atoms with Gasteiger partial charge in [0.2, 0.25) is 5.91 Å². The molecule has 20 heavy (non-hydrogen) atoms. The molecule has 1 aromatic rings. The molecule has 1 fully saturated rings. The zero-order valence-corrected chi connectivity index (χ0v) is 13.6. The van der Waals surface area contributed by atoms with E-state index >= 15 is 0 Å². The van der Waals surface area contributed by atoms with E-state index in [1.165, 1.54) is 0 Å². The second kappa shape index (κ2) is 6.70. The topological polar surface area (TPSA) is 49.6 Å². The van der Waals surface area contributed by atoms with E-state index < -0.39 is 0 Å². The van der Waals surface area contributed by atoms with E-state index in [-0.39, 0.29) is 11.9 Å². The first-order chi connectivity index (χ1) is 9.47. The fourth-order valence-corrected chi connectivity index (χ4v) is 2.92. The lowest BCUT2D eigenvalue weighted by atomic mass is 10.1. The highest BCUT2D eigenvalue weighted by molar-refractivity contribution is 9.10. The number of likely N-dealkylation sites (tertiary alicyclic amines) is 1. The largest absolute Gasteiger partial charge is 0.340 e. The summed E-state index contributed by atoms with van der Waals surface area (Å²) in [6, 6.07) is 8.18. The summed E-state index contributed by atoms with van der Waals surface area (Å²) in [5.74, 6) is 0.610. The quantitative estimate of drug-likeness (QED) is 0.907. The van der Waals surface area contributed by atoms with Gasteiger partial charge in [-0.05, 0) is 17.5 Å². The molecule has 1 aromatic carbocycles. The standard InChI is InChI=1S/C15H22BrN3O/c1-11-7-19(9-14(11)17)10-15(20)18(2)8-12-5-3-4-6-13(12)16/h3-6,11,14H,7-10,17H2,1-2H3. The van der Waals surface area contributed by atoms with Gasteiger partial charge < -0.3 is 10.6 Å². The molecule has 0 bridgehead atoms. The Balaban J connectivity index is 1.88. The van der Waals surface area contributed by atoms with E-state index in [9.17, 15) is 4.79 Å². The maximum atomic E-state index is 12.3. The van der Waals surface area contributed by atoms with Crippen LogP contribution in [0.5, 0.6) is 0 Å². The van der Waals surface area contributed by atoms with Crippen molar-refractivity contribution in [3.63, 3.8) is 0 Å². The average Bonchev–Trinajstić information content (AvgIpc) is 2.71. The van der Waals surface area contributed by atoms with Crippen LogP contribution in [0.4, 0.5) is 0 Å². The number of carbonyl (C=O) groups is 1. The summed E-state index contributed by atoms with van der Waals surface area (Å²) in [5, 5.41) is 0. The normalized spacial score (nSPS) is 23.0. The fourth-order valence-electron chi connectivity index (χ4n) is 2.51. The second-order valence-corrected chi connectivity index (χ2v) is 6.53. The van der Waals surface area contributed by atoms with Crippen LogP contribution in [0.15, 0.2) is 28.7 Å². The summed E-state index contributed by atoms with van der Waals surface area (Å²) >= 11 is 3.51. The monoisotopic (exact) mass is 339 g/mol. The van der Waals surface area contributed by atoms with Crippen LogP contribution in [0.25, 0.3) is 0 Å². The smallest absolute Gasteiger partial charge is 0.236 e. The molecule has 5 heteroatoms. The van der Waals surface area contributed by atoms with Gasteiger partial charge in [0.25, 0.3) is 0 Å². The molecule has 1 aliphatic heterocycles. The first-order valence-corrected chi connectivity index (χ1v) is 7.72. The van der Waals surface area contributed by atoms with Crippen LogP contribution in [-0.4, -0.2) is 48.4 Å². The Morgan fingerprint density at radius 1 is 1.45 bits per heavy atom. The molecule has 1 saturated heterocycles. The molecule has 0 spiro atoms. The predicted octanol–water partition coefficient (Wildman–Crippen LogP) is 1.69. The van der Waals surface area contributed by atoms with E-state index in [2.05, 4.69) is 27.8 Å². The van der Waals surface area contributed by atoms with E-state index in [4.69, 9.17) is 5.73 Å². The molecular weight excluding hydrogens is 318 g/mol. The summed E-state index contributed by atoms with van der Waals surface area (Å²) in [7, 11) is 1.85. The van der Waals surface area contributed by atoms with Crippen LogP contribution in [-0.2, 0) is 11.3 Å². The number of hydrogen-bond donors (Lipinski definition) is 1. The maximum absolute atomic E-state index is 12.3. The number of halogens is 1. The molecule has 4 nitrogen and oxygen atoms in total. The van der Waals surface area contributed by atoms with Gasteiger partial charge in [0.05, 0.1) is 6.54 Å². The second-order valence-electron chi connectivity index (χ2n) is 5.68. The van der Waals surface area contributed by atoms with Crippen LogP contribution >= 0.6 is 15.9 Å². The predicted molar refractivity (Wildman–Crippen MR) is 84.2 cm³/mol. The lowest BCUT2D eigenvalue weighted by molar-refractivity contribution is -0.131. The minimum absolute atomic E-state index is 0.141. The molecule has 2 rings (SSSR count). The first kappa shape index (κ1) is 15.5. The van der Waals surface area contributed by atoms with E-state index in [1.807, 2.05) is 31.3 Å². The highest BCUT2D eigenvalue weighted by atomic mass is 79.9. The molecule has 0 aromatic heterocycles. The molecule has 2 unspecified atom stereocenters. The average molecular weight is 340 g/mol. The van der Waals surface area contributed by atoms with Crippen molar-refractivity contribution in [3.8, 4) is 0 Å². The molecule has 1 aliphatic rings. The lowest BCUT2D eigenvalue weighted by Crippen LogP contribution is -2.38. The van der Waals surface area contributed by atoms with Gasteiger partial charge in [-0.2, -0.15) is 0 Å². The number of nitrogens with zero attached hydrogens (tertiary/aromatic N) is 2. The van der Waals surface area contributed by atoms with Gasteiger partial charge in [-0.15, -0.1) is 0 Å². The number of rotatable bonds is 4. The fraction of sp³-hybridized carbons (Fsp3) is 0.533. The number of benzene rings is 1. The first-order valence-electron chi connectivity index (χ1n) is 6.92. The van der Waals surface area contributed by atoms with Gasteiger partial charge in [0.1, 0.15) is 0 Å². The zero-order chi connectivity index (χ0) is 14.7. The summed E-state index contributed by atoms with van der Waals surface area (Å²) in [6.07, 6.45) is 0. The van der Waals surface area contributed by atoms with E-state index in [1.54, 1.807) is 4.90 Å². The van der Waals surface area contributed by atoms with Crippen LogP contribution in [0.1, 0.15) is 12.5 Å². The van der Waals surface area contributed by atoms with Crippen LogP contribution in [0.2, 0.25) is 0 Å². The molecule has 1 heterocycles. The third-order valence-corrected chi connectivity index (χ3v) is 4.67.